The molecule has 4 nitrogen and oxygen atoms in total. The van der Waals surface area contributed by atoms with Gasteiger partial charge in [0.05, 0.1) is 7.11 Å². The van der Waals surface area contributed by atoms with Gasteiger partial charge in [0.1, 0.15) is 11.9 Å². The normalized spacial score (nSPS) is 8.40. The number of aromatic nitrogens is 2. The minimum Gasteiger partial charge on any atom is -0.496 e. The third-order valence-electron chi connectivity index (χ3n) is 0.967. The quantitative estimate of drug-likeness (QED) is 0.540. The van der Waals surface area contributed by atoms with Gasteiger partial charge in [0.25, 0.3) is 5.82 Å². The second-order valence-electron chi connectivity index (χ2n) is 1.57. The number of nitrogens with zero attached hydrogens (tertiary/aromatic N) is 3. The molecule has 1 aromatic rings. The summed E-state index contributed by atoms with van der Waals surface area (Å²) in [4.78, 5) is 3.08. The number of methoxy groups -OCH3 is 1. The van der Waals surface area contributed by atoms with Crippen molar-refractivity contribution in [3.8, 4) is 5.75 Å². The van der Waals surface area contributed by atoms with Crippen molar-refractivity contribution < 1.29 is 4.74 Å². The molecule has 0 saturated carbocycles. The molecule has 0 bridgehead atoms. The van der Waals surface area contributed by atoms with E-state index in [9.17, 15) is 0 Å². The summed E-state index contributed by atoms with van der Waals surface area (Å²) < 4.78 is 4.81. The molecule has 4 heteroatoms. The topological polar surface area (TPSA) is 39.4 Å². The van der Waals surface area contributed by atoms with Crippen LogP contribution in [0.3, 0.4) is 0 Å². The number of hydrogen-bond donors (Lipinski definition) is 0. The van der Waals surface area contributed by atoms with Crippen LogP contribution in [0.5, 0.6) is 5.75 Å². The molecule has 0 N–H and O–H groups in total. The highest BCUT2D eigenvalue weighted by Crippen LogP contribution is 2.13. The third kappa shape index (κ3) is 1.20. The monoisotopic (exact) mass is 135 g/mol. The first-order valence-electron chi connectivity index (χ1n) is 2.61. The van der Waals surface area contributed by atoms with E-state index < -0.39 is 0 Å². The molecule has 0 unspecified atom stereocenters. The fraction of sp³-hybridized carbons (Fsp3) is 0.167. The van der Waals surface area contributed by atoms with E-state index in [1.54, 1.807) is 0 Å². The first-order chi connectivity index (χ1) is 4.86. The second-order valence-corrected chi connectivity index (χ2v) is 1.57. The second kappa shape index (κ2) is 2.78. The molecule has 0 radical (unpaired) electrons. The summed E-state index contributed by atoms with van der Waals surface area (Å²) in [5.41, 5.74) is 0. The molecule has 0 aliphatic rings. The number of hydrogen-bond acceptors (Lipinski definition) is 3. The Hall–Kier alpha value is -1.63. The maximum atomic E-state index is 6.58. The first kappa shape index (κ1) is 6.49. The molecule has 0 saturated heterocycles. The maximum Gasteiger partial charge on any atom is 0.299 e. The molecule has 1 heterocycles. The van der Waals surface area contributed by atoms with Gasteiger partial charge >= 0.3 is 0 Å². The lowest BCUT2D eigenvalue weighted by atomic mass is 10.5. The lowest BCUT2D eigenvalue weighted by molar-refractivity contribution is 0.412. The van der Waals surface area contributed by atoms with Crippen LogP contribution in [0.15, 0.2) is 12.3 Å². The van der Waals surface area contributed by atoms with E-state index in [1.165, 1.54) is 19.4 Å². The van der Waals surface area contributed by atoms with Crippen LogP contribution in [0, 0.1) is 6.57 Å². The van der Waals surface area contributed by atoms with Crippen molar-refractivity contribution in [2.24, 2.45) is 0 Å². The van der Waals surface area contributed by atoms with Gasteiger partial charge in [-0.15, -0.1) is 0 Å². The Labute approximate surface area is 58.3 Å². The summed E-state index contributed by atoms with van der Waals surface area (Å²) >= 11 is 0. The standard InChI is InChI=1S/C6H5N3O/c1-7-6-3-5(10-2)4-8-9-6/h3-4H,2H3. The van der Waals surface area contributed by atoms with Gasteiger partial charge in [0.15, 0.2) is 0 Å². The summed E-state index contributed by atoms with van der Waals surface area (Å²) in [7, 11) is 1.52. The Bertz CT molecular complexity index is 266. The van der Waals surface area contributed by atoms with Crippen molar-refractivity contribution in [3.05, 3.63) is 23.7 Å². The van der Waals surface area contributed by atoms with Gasteiger partial charge in [-0.3, -0.25) is 0 Å². The lowest BCUT2D eigenvalue weighted by Gasteiger charge is -1.94. The summed E-state index contributed by atoms with van der Waals surface area (Å²) in [5, 5.41) is 7.06. The van der Waals surface area contributed by atoms with Crippen LogP contribution >= 0.6 is 0 Å². The molecular formula is C6H5N3O. The molecule has 50 valence electrons. The van der Waals surface area contributed by atoms with Gasteiger partial charge in [-0.05, 0) is 5.10 Å². The maximum absolute atomic E-state index is 6.58. The predicted octanol–water partition coefficient (Wildman–Crippen LogP) is 1.04. The molecule has 0 amide bonds. The Balaban J connectivity index is 3.01. The largest absolute Gasteiger partial charge is 0.496 e. The Morgan fingerprint density at radius 2 is 2.50 bits per heavy atom. The van der Waals surface area contributed by atoms with E-state index in [-0.39, 0.29) is 5.82 Å². The smallest absolute Gasteiger partial charge is 0.299 e. The van der Waals surface area contributed by atoms with Gasteiger partial charge in [-0.1, -0.05) is 11.7 Å². The lowest BCUT2D eigenvalue weighted by Crippen LogP contribution is -1.85. The summed E-state index contributed by atoms with van der Waals surface area (Å²) in [5.74, 6) is 0.806. The SMILES string of the molecule is [C-]#[N+]c1cc(OC)cnn1. The zero-order valence-corrected chi connectivity index (χ0v) is 5.40. The molecular weight excluding hydrogens is 130 g/mol. The van der Waals surface area contributed by atoms with Gasteiger partial charge < -0.3 is 9.58 Å². The van der Waals surface area contributed by atoms with E-state index in [0.717, 1.165) is 0 Å². The molecule has 0 spiro atoms. The zero-order chi connectivity index (χ0) is 7.40. The van der Waals surface area contributed by atoms with Gasteiger partial charge in [0, 0.05) is 6.07 Å². The fourth-order valence-electron chi connectivity index (χ4n) is 0.505. The molecule has 1 aromatic heterocycles. The van der Waals surface area contributed by atoms with Crippen LogP contribution in [-0.2, 0) is 0 Å². The summed E-state index contributed by atoms with van der Waals surface area (Å²) in [6, 6.07) is 1.53. The minimum atomic E-state index is 0.249. The highest BCUT2D eigenvalue weighted by Gasteiger charge is 1.95. The van der Waals surface area contributed by atoms with Gasteiger partial charge in [-0.2, -0.15) is 0 Å². The molecule has 0 atom stereocenters. The van der Waals surface area contributed by atoms with E-state index in [4.69, 9.17) is 11.3 Å². The Morgan fingerprint density at radius 3 is 3.10 bits per heavy atom. The van der Waals surface area contributed by atoms with Crippen LogP contribution in [-0.4, -0.2) is 17.3 Å². The number of ether oxygens (including phenoxy) is 1. The Kier molecular flexibility index (Phi) is 1.80. The van der Waals surface area contributed by atoms with Crippen LogP contribution in [0.4, 0.5) is 5.82 Å². The van der Waals surface area contributed by atoms with Crippen molar-refractivity contribution in [2.45, 2.75) is 0 Å². The Morgan fingerprint density at radius 1 is 1.70 bits per heavy atom. The molecule has 0 aromatic carbocycles. The molecule has 1 rings (SSSR count). The molecule has 0 aliphatic carbocycles. The zero-order valence-electron chi connectivity index (χ0n) is 5.40. The van der Waals surface area contributed by atoms with E-state index in [1.807, 2.05) is 0 Å². The van der Waals surface area contributed by atoms with Crippen LogP contribution in [0.2, 0.25) is 0 Å². The average Bonchev–Trinajstić information content (AvgIpc) is 2.05. The summed E-state index contributed by atoms with van der Waals surface area (Å²) in [6.07, 6.45) is 1.45. The van der Waals surface area contributed by atoms with Crippen molar-refractivity contribution >= 4 is 5.82 Å². The summed E-state index contributed by atoms with van der Waals surface area (Å²) in [6.45, 7) is 6.58. The van der Waals surface area contributed by atoms with E-state index >= 15 is 0 Å². The third-order valence-corrected chi connectivity index (χ3v) is 0.967. The van der Waals surface area contributed by atoms with Crippen molar-refractivity contribution in [1.29, 1.82) is 0 Å². The van der Waals surface area contributed by atoms with Crippen molar-refractivity contribution in [2.75, 3.05) is 7.11 Å². The fourth-order valence-corrected chi connectivity index (χ4v) is 0.505. The van der Waals surface area contributed by atoms with Gasteiger partial charge in [-0.25, -0.2) is 0 Å². The number of rotatable bonds is 1. The highest BCUT2D eigenvalue weighted by molar-refractivity contribution is 5.38. The minimum absolute atomic E-state index is 0.249. The van der Waals surface area contributed by atoms with Gasteiger partial charge in [0.2, 0.25) is 0 Å². The van der Waals surface area contributed by atoms with Crippen LogP contribution in [0.1, 0.15) is 0 Å². The average molecular weight is 135 g/mol. The first-order valence-corrected chi connectivity index (χ1v) is 2.61. The highest BCUT2D eigenvalue weighted by atomic mass is 16.5. The van der Waals surface area contributed by atoms with Crippen LogP contribution < -0.4 is 4.74 Å². The molecule has 0 fully saturated rings. The van der Waals surface area contributed by atoms with Crippen molar-refractivity contribution in [3.63, 3.8) is 0 Å². The molecule has 0 aliphatic heterocycles. The van der Waals surface area contributed by atoms with E-state index in [0.29, 0.717) is 5.75 Å². The molecule has 10 heavy (non-hydrogen) atoms. The van der Waals surface area contributed by atoms with E-state index in [2.05, 4.69) is 15.0 Å². The van der Waals surface area contributed by atoms with Crippen LogP contribution in [0.25, 0.3) is 4.85 Å². The predicted molar refractivity (Wildman–Crippen MR) is 34.8 cm³/mol. The van der Waals surface area contributed by atoms with Crippen molar-refractivity contribution in [1.82, 2.24) is 10.2 Å².